The van der Waals surface area contributed by atoms with Crippen LogP contribution in [0.4, 0.5) is 4.79 Å². The van der Waals surface area contributed by atoms with Gasteiger partial charge in [-0.2, -0.15) is 0 Å². The molecule has 6 nitrogen and oxygen atoms in total. The van der Waals surface area contributed by atoms with E-state index < -0.39 is 11.4 Å². The summed E-state index contributed by atoms with van der Waals surface area (Å²) in [6, 6.07) is -0.274. The Morgan fingerprint density at radius 1 is 1.37 bits per heavy atom. The molecular formula is C13H24N2O4. The number of amides is 2. The molecule has 0 radical (unpaired) electrons. The van der Waals surface area contributed by atoms with Crippen LogP contribution < -0.4 is 10.6 Å². The molecule has 0 aromatic carbocycles. The Hall–Kier alpha value is -1.30. The molecule has 1 aliphatic rings. The molecule has 1 saturated carbocycles. The van der Waals surface area contributed by atoms with Crippen LogP contribution in [0, 0.1) is 11.3 Å². The summed E-state index contributed by atoms with van der Waals surface area (Å²) in [6.45, 7) is 4.12. The van der Waals surface area contributed by atoms with Gasteiger partial charge in [0, 0.05) is 20.2 Å². The zero-order chi connectivity index (χ0) is 14.5. The lowest BCUT2D eigenvalue weighted by Gasteiger charge is -2.19. The number of carboxylic acids is 1. The maximum atomic E-state index is 11.5. The Morgan fingerprint density at radius 3 is 2.47 bits per heavy atom. The first-order chi connectivity index (χ1) is 8.86. The molecule has 0 heterocycles. The maximum absolute atomic E-state index is 11.5. The third-order valence-electron chi connectivity index (χ3n) is 3.53. The number of rotatable bonds is 8. The van der Waals surface area contributed by atoms with Gasteiger partial charge in [-0.25, -0.2) is 4.79 Å². The van der Waals surface area contributed by atoms with E-state index in [1.807, 2.05) is 0 Å². The number of methoxy groups -OCH3 is 1. The predicted octanol–water partition coefficient (Wildman–Crippen LogP) is 1.21. The lowest BCUT2D eigenvalue weighted by atomic mass is 9.90. The molecule has 1 atom stereocenters. The fourth-order valence-electron chi connectivity index (χ4n) is 1.76. The SMILES string of the molecule is COC(CNC(=O)NCCC(C)(C)C(=O)O)C1CC1. The van der Waals surface area contributed by atoms with Crippen molar-refractivity contribution in [1.82, 2.24) is 10.6 Å². The van der Waals surface area contributed by atoms with Gasteiger partial charge in [0.15, 0.2) is 0 Å². The van der Waals surface area contributed by atoms with Crippen LogP contribution in [0.25, 0.3) is 0 Å². The largest absolute Gasteiger partial charge is 0.481 e. The molecule has 6 heteroatoms. The Bertz CT molecular complexity index is 327. The first kappa shape index (κ1) is 15.8. The van der Waals surface area contributed by atoms with Crippen molar-refractivity contribution in [2.24, 2.45) is 11.3 Å². The number of ether oxygens (including phenoxy) is 1. The van der Waals surface area contributed by atoms with Crippen molar-refractivity contribution in [3.05, 3.63) is 0 Å². The molecule has 1 aliphatic carbocycles. The normalized spacial score (nSPS) is 16.8. The van der Waals surface area contributed by atoms with Crippen molar-refractivity contribution in [2.45, 2.75) is 39.2 Å². The van der Waals surface area contributed by atoms with Crippen LogP contribution in [-0.2, 0) is 9.53 Å². The Morgan fingerprint density at radius 2 is 2.00 bits per heavy atom. The fourth-order valence-corrected chi connectivity index (χ4v) is 1.76. The van der Waals surface area contributed by atoms with Crippen molar-refractivity contribution in [1.29, 1.82) is 0 Å². The Balaban J connectivity index is 2.15. The smallest absolute Gasteiger partial charge is 0.314 e. The van der Waals surface area contributed by atoms with Crippen molar-refractivity contribution < 1.29 is 19.4 Å². The van der Waals surface area contributed by atoms with Crippen LogP contribution in [0.1, 0.15) is 33.1 Å². The molecule has 1 fully saturated rings. The van der Waals surface area contributed by atoms with E-state index in [-0.39, 0.29) is 12.1 Å². The molecule has 3 N–H and O–H groups in total. The summed E-state index contributed by atoms with van der Waals surface area (Å²) in [7, 11) is 1.65. The van der Waals surface area contributed by atoms with Gasteiger partial charge in [0.2, 0.25) is 0 Å². The highest BCUT2D eigenvalue weighted by Gasteiger charge is 2.31. The number of urea groups is 1. The number of carbonyl (C=O) groups is 2. The highest BCUT2D eigenvalue weighted by molar-refractivity contribution is 5.75. The molecule has 1 rings (SSSR count). The lowest BCUT2D eigenvalue weighted by molar-refractivity contribution is -0.147. The first-order valence-electron chi connectivity index (χ1n) is 6.64. The second kappa shape index (κ2) is 6.75. The van der Waals surface area contributed by atoms with Gasteiger partial charge >= 0.3 is 12.0 Å². The number of hydrogen-bond donors (Lipinski definition) is 3. The van der Waals surface area contributed by atoms with Crippen LogP contribution in [-0.4, -0.2) is 43.4 Å². The van der Waals surface area contributed by atoms with Gasteiger partial charge in [-0.1, -0.05) is 0 Å². The Labute approximate surface area is 113 Å². The van der Waals surface area contributed by atoms with E-state index in [9.17, 15) is 9.59 Å². The Kier molecular flexibility index (Phi) is 5.60. The van der Waals surface area contributed by atoms with Crippen LogP contribution in [0.2, 0.25) is 0 Å². The first-order valence-corrected chi connectivity index (χ1v) is 6.64. The van der Waals surface area contributed by atoms with Crippen LogP contribution in [0.3, 0.4) is 0 Å². The summed E-state index contributed by atoms with van der Waals surface area (Å²) in [5.41, 5.74) is -0.823. The highest BCUT2D eigenvalue weighted by Crippen LogP contribution is 2.33. The minimum atomic E-state index is -0.858. The zero-order valence-corrected chi connectivity index (χ0v) is 11.9. The van der Waals surface area contributed by atoms with E-state index in [1.165, 1.54) is 0 Å². The number of nitrogens with one attached hydrogen (secondary N) is 2. The molecule has 19 heavy (non-hydrogen) atoms. The van der Waals surface area contributed by atoms with E-state index in [0.29, 0.717) is 25.4 Å². The fraction of sp³-hybridized carbons (Fsp3) is 0.846. The molecule has 0 aliphatic heterocycles. The molecule has 110 valence electrons. The van der Waals surface area contributed by atoms with Gasteiger partial charge in [0.25, 0.3) is 0 Å². The van der Waals surface area contributed by atoms with E-state index in [1.54, 1.807) is 21.0 Å². The van der Waals surface area contributed by atoms with Crippen molar-refractivity contribution in [3.8, 4) is 0 Å². The summed E-state index contributed by atoms with van der Waals surface area (Å²) in [4.78, 5) is 22.4. The van der Waals surface area contributed by atoms with Gasteiger partial charge in [-0.15, -0.1) is 0 Å². The van der Waals surface area contributed by atoms with Crippen LogP contribution >= 0.6 is 0 Å². The van der Waals surface area contributed by atoms with Crippen LogP contribution in [0.15, 0.2) is 0 Å². The molecule has 0 aromatic heterocycles. The van der Waals surface area contributed by atoms with Gasteiger partial charge in [-0.3, -0.25) is 4.79 Å². The third-order valence-corrected chi connectivity index (χ3v) is 3.53. The second-order valence-electron chi connectivity index (χ2n) is 5.69. The summed E-state index contributed by atoms with van der Waals surface area (Å²) in [6.07, 6.45) is 2.80. The van der Waals surface area contributed by atoms with Crippen LogP contribution in [0.5, 0.6) is 0 Å². The van der Waals surface area contributed by atoms with Gasteiger partial charge in [0.1, 0.15) is 0 Å². The third kappa shape index (κ3) is 5.46. The number of aliphatic carboxylic acids is 1. The van der Waals surface area contributed by atoms with Gasteiger partial charge < -0.3 is 20.5 Å². The monoisotopic (exact) mass is 272 g/mol. The van der Waals surface area contributed by atoms with Crippen molar-refractivity contribution in [3.63, 3.8) is 0 Å². The summed E-state index contributed by atoms with van der Waals surface area (Å²) in [5.74, 6) is -0.292. The second-order valence-corrected chi connectivity index (χ2v) is 5.69. The van der Waals surface area contributed by atoms with E-state index in [4.69, 9.17) is 9.84 Å². The maximum Gasteiger partial charge on any atom is 0.314 e. The zero-order valence-electron chi connectivity index (χ0n) is 11.9. The lowest BCUT2D eigenvalue weighted by Crippen LogP contribution is -2.42. The molecule has 2 amide bonds. The molecular weight excluding hydrogens is 248 g/mol. The minimum Gasteiger partial charge on any atom is -0.481 e. The summed E-state index contributed by atoms with van der Waals surface area (Å²) in [5, 5.41) is 14.3. The average Bonchev–Trinajstić information content (AvgIpc) is 3.13. The number of carboxylic acid groups (broad SMARTS) is 1. The quantitative estimate of drug-likeness (QED) is 0.620. The highest BCUT2D eigenvalue weighted by atomic mass is 16.5. The van der Waals surface area contributed by atoms with E-state index in [2.05, 4.69) is 10.6 Å². The van der Waals surface area contributed by atoms with E-state index in [0.717, 1.165) is 12.8 Å². The summed E-state index contributed by atoms with van der Waals surface area (Å²) < 4.78 is 5.29. The number of hydrogen-bond acceptors (Lipinski definition) is 3. The molecule has 0 bridgehead atoms. The average molecular weight is 272 g/mol. The van der Waals surface area contributed by atoms with Crippen molar-refractivity contribution in [2.75, 3.05) is 20.2 Å². The van der Waals surface area contributed by atoms with Gasteiger partial charge in [0.05, 0.1) is 11.5 Å². The molecule has 0 saturated heterocycles. The van der Waals surface area contributed by atoms with E-state index >= 15 is 0 Å². The van der Waals surface area contributed by atoms with Crippen molar-refractivity contribution >= 4 is 12.0 Å². The molecule has 0 spiro atoms. The molecule has 0 aromatic rings. The number of carbonyl (C=O) groups excluding carboxylic acids is 1. The standard InChI is InChI=1S/C13H24N2O4/c1-13(2,11(16)17)6-7-14-12(18)15-8-10(19-3)9-4-5-9/h9-10H,4-8H2,1-3H3,(H,16,17)(H2,14,15,18). The minimum absolute atomic E-state index is 0.0845. The predicted molar refractivity (Wildman–Crippen MR) is 71.0 cm³/mol. The molecule has 1 unspecified atom stereocenters. The summed E-state index contributed by atoms with van der Waals surface area (Å²) >= 11 is 0. The topological polar surface area (TPSA) is 87.7 Å². The van der Waals surface area contributed by atoms with Gasteiger partial charge in [-0.05, 0) is 39.0 Å².